The number of hydrogen-bond acceptors (Lipinski definition) is 7. The zero-order valence-electron chi connectivity index (χ0n) is 30.5. The normalized spacial score (nSPS) is 20.9. The average Bonchev–Trinajstić information content (AvgIpc) is 4.08. The largest absolute Gasteiger partial charge is 0.493 e. The fourth-order valence-corrected chi connectivity index (χ4v) is 8.01. The summed E-state index contributed by atoms with van der Waals surface area (Å²) < 4.78 is 23.2. The lowest BCUT2D eigenvalue weighted by molar-refractivity contribution is -0.139. The number of carboxylic acid groups (broad SMARTS) is 1. The van der Waals surface area contributed by atoms with Crippen LogP contribution in [0, 0.1) is 24.7 Å². The first-order valence-corrected chi connectivity index (χ1v) is 19.3. The molecule has 10 nitrogen and oxygen atoms in total. The minimum Gasteiger partial charge on any atom is -0.493 e. The van der Waals surface area contributed by atoms with Crippen molar-refractivity contribution in [3.8, 4) is 17.2 Å². The third-order valence-electron chi connectivity index (χ3n) is 10.5. The Hall–Kier alpha value is -3.70. The van der Waals surface area contributed by atoms with E-state index in [0.29, 0.717) is 66.1 Å². The number of aryl methyl sites for hydroxylation is 2. The van der Waals surface area contributed by atoms with Crippen LogP contribution in [0.4, 0.5) is 4.79 Å². The number of nitrogens with zero attached hydrogens (tertiary/aromatic N) is 2. The molecule has 12 heteroatoms. The number of rotatable bonds is 18. The van der Waals surface area contributed by atoms with E-state index in [2.05, 4.69) is 12.1 Å². The van der Waals surface area contributed by atoms with Gasteiger partial charge in [0.1, 0.15) is 24.7 Å². The highest BCUT2D eigenvalue weighted by Gasteiger charge is 2.43. The summed E-state index contributed by atoms with van der Waals surface area (Å²) in [6, 6.07) is 17.7. The summed E-state index contributed by atoms with van der Waals surface area (Å²) >= 11 is 12.6. The lowest BCUT2D eigenvalue weighted by atomic mass is 9.79. The molecule has 2 N–H and O–H groups in total. The number of amides is 2. The number of methoxy groups -OCH3 is 1. The summed E-state index contributed by atoms with van der Waals surface area (Å²) in [5, 5.41) is 20.3. The topological polar surface area (TPSA) is 118 Å². The smallest absolute Gasteiger partial charge is 0.407 e. The van der Waals surface area contributed by atoms with Crippen molar-refractivity contribution in [2.45, 2.75) is 64.0 Å². The molecule has 53 heavy (non-hydrogen) atoms. The SMILES string of the molecule is COCCCc1cc(CN(C(=O)[C@H]2CN(C(=O)O)CC[C@@H]2c2ccc(OCCOc3c(Cl)cc(C)cc3Cl)cc2)C2CC2)cc(OC[C@@H]2C[C@H]2CO)c1. The van der Waals surface area contributed by atoms with Gasteiger partial charge < -0.3 is 39.0 Å². The van der Waals surface area contributed by atoms with Gasteiger partial charge >= 0.3 is 6.09 Å². The van der Waals surface area contributed by atoms with Crippen molar-refractivity contribution in [1.29, 1.82) is 0 Å². The van der Waals surface area contributed by atoms with Crippen molar-refractivity contribution < 1.29 is 38.7 Å². The lowest BCUT2D eigenvalue weighted by Crippen LogP contribution is -2.49. The second kappa shape index (κ2) is 18.1. The maximum atomic E-state index is 14.6. The second-order valence-corrected chi connectivity index (χ2v) is 15.4. The Morgan fingerprint density at radius 1 is 0.887 bits per heavy atom. The predicted octanol–water partition coefficient (Wildman–Crippen LogP) is 7.62. The summed E-state index contributed by atoms with van der Waals surface area (Å²) in [5.41, 5.74) is 4.03. The van der Waals surface area contributed by atoms with Crippen LogP contribution in [0.1, 0.15) is 60.3 Å². The van der Waals surface area contributed by atoms with Crippen molar-refractivity contribution in [3.63, 3.8) is 0 Å². The molecule has 3 aromatic carbocycles. The van der Waals surface area contributed by atoms with Crippen molar-refractivity contribution in [2.24, 2.45) is 17.8 Å². The van der Waals surface area contributed by atoms with E-state index in [0.717, 1.165) is 60.1 Å². The number of aliphatic hydroxyl groups excluding tert-OH is 1. The Morgan fingerprint density at radius 2 is 1.60 bits per heavy atom. The highest BCUT2D eigenvalue weighted by molar-refractivity contribution is 6.37. The van der Waals surface area contributed by atoms with Crippen molar-refractivity contribution in [1.82, 2.24) is 9.80 Å². The third kappa shape index (κ3) is 10.5. The second-order valence-electron chi connectivity index (χ2n) is 14.6. The first-order chi connectivity index (χ1) is 25.6. The predicted molar refractivity (Wildman–Crippen MR) is 203 cm³/mol. The van der Waals surface area contributed by atoms with E-state index in [1.165, 1.54) is 4.90 Å². The molecule has 286 valence electrons. The fraction of sp³-hybridized carbons (Fsp3) is 0.512. The van der Waals surface area contributed by atoms with Gasteiger partial charge in [0.05, 0.1) is 22.6 Å². The summed E-state index contributed by atoms with van der Waals surface area (Å²) in [4.78, 5) is 30.1. The fourth-order valence-electron chi connectivity index (χ4n) is 7.31. The maximum absolute atomic E-state index is 14.6. The monoisotopic (exact) mass is 768 g/mol. The minimum atomic E-state index is -1.01. The van der Waals surface area contributed by atoms with E-state index in [1.54, 1.807) is 19.2 Å². The number of ether oxygens (including phenoxy) is 4. The van der Waals surface area contributed by atoms with Gasteiger partial charge in [0.2, 0.25) is 5.91 Å². The van der Waals surface area contributed by atoms with Crippen LogP contribution in [0.5, 0.6) is 17.2 Å². The number of halogens is 2. The molecule has 3 fully saturated rings. The summed E-state index contributed by atoms with van der Waals surface area (Å²) in [5.74, 6) is 1.82. The molecule has 0 aromatic heterocycles. The third-order valence-corrected chi connectivity index (χ3v) is 11.0. The quantitative estimate of drug-likeness (QED) is 0.127. The molecule has 0 bridgehead atoms. The van der Waals surface area contributed by atoms with E-state index < -0.39 is 12.0 Å². The first-order valence-electron chi connectivity index (χ1n) is 18.6. The molecule has 0 unspecified atom stereocenters. The molecular weight excluding hydrogens is 719 g/mol. The Morgan fingerprint density at radius 3 is 2.26 bits per heavy atom. The van der Waals surface area contributed by atoms with Gasteiger partial charge in [0.15, 0.2) is 5.75 Å². The molecule has 2 amide bonds. The van der Waals surface area contributed by atoms with E-state index in [1.807, 2.05) is 42.2 Å². The maximum Gasteiger partial charge on any atom is 0.407 e. The van der Waals surface area contributed by atoms with E-state index in [-0.39, 0.29) is 44.2 Å². The molecule has 0 radical (unpaired) electrons. The number of likely N-dealkylation sites (tertiary alicyclic amines) is 1. The van der Waals surface area contributed by atoms with Crippen LogP contribution in [-0.2, 0) is 22.5 Å². The van der Waals surface area contributed by atoms with Crippen LogP contribution in [0.25, 0.3) is 0 Å². The van der Waals surface area contributed by atoms with Crippen LogP contribution in [0.2, 0.25) is 10.0 Å². The van der Waals surface area contributed by atoms with Crippen LogP contribution < -0.4 is 14.2 Å². The van der Waals surface area contributed by atoms with Gasteiger partial charge in [0.25, 0.3) is 0 Å². The number of carbonyl (C=O) groups excluding carboxylic acids is 1. The number of piperidine rings is 1. The van der Waals surface area contributed by atoms with Gasteiger partial charge in [-0.3, -0.25) is 4.79 Å². The Labute approximate surface area is 321 Å². The van der Waals surface area contributed by atoms with Crippen molar-refractivity contribution in [2.75, 3.05) is 53.2 Å². The summed E-state index contributed by atoms with van der Waals surface area (Å²) in [6.45, 7) is 4.75. The van der Waals surface area contributed by atoms with Gasteiger partial charge in [-0.1, -0.05) is 41.4 Å². The first kappa shape index (κ1) is 39.0. The number of aliphatic hydroxyl groups is 1. The average molecular weight is 770 g/mol. The molecule has 1 aliphatic heterocycles. The van der Waals surface area contributed by atoms with E-state index in [4.69, 9.17) is 42.1 Å². The van der Waals surface area contributed by atoms with E-state index in [9.17, 15) is 19.8 Å². The van der Waals surface area contributed by atoms with Gasteiger partial charge in [-0.2, -0.15) is 0 Å². The molecule has 0 spiro atoms. The summed E-state index contributed by atoms with van der Waals surface area (Å²) in [6.07, 6.45) is 4.03. The number of benzene rings is 3. The van der Waals surface area contributed by atoms with Gasteiger partial charge in [0, 0.05) is 46.0 Å². The zero-order chi connectivity index (χ0) is 37.5. The van der Waals surface area contributed by atoms with Crippen molar-refractivity contribution >= 4 is 35.2 Å². The highest BCUT2D eigenvalue weighted by Crippen LogP contribution is 2.40. The number of carbonyl (C=O) groups is 2. The van der Waals surface area contributed by atoms with Gasteiger partial charge in [-0.15, -0.1) is 0 Å². The van der Waals surface area contributed by atoms with Gasteiger partial charge in [-0.05, 0) is 122 Å². The van der Waals surface area contributed by atoms with Crippen molar-refractivity contribution in [3.05, 3.63) is 86.9 Å². The Bertz CT molecular complexity index is 1700. The van der Waals surface area contributed by atoms with Gasteiger partial charge in [-0.25, -0.2) is 4.79 Å². The molecule has 3 aromatic rings. The molecule has 2 saturated carbocycles. The van der Waals surface area contributed by atoms with Crippen LogP contribution in [-0.4, -0.2) is 91.3 Å². The standard InChI is InChI=1S/C41H50Cl2N2O8/c1-26-16-37(42)39(38(43)17-26)52-15-14-51-33-9-5-29(6-10-33)35-11-12-44(41(48)49)23-36(35)40(47)45(32-7-8-32)22-28-18-27(4-3-13-50-2)19-34(20-28)53-25-31-21-30(31)24-46/h5-6,9-10,16-20,30-32,35-36,46H,3-4,7-8,11-15,21-25H2,1-2H3,(H,48,49)/t30-,31-,35+,36-/m0/s1. The summed E-state index contributed by atoms with van der Waals surface area (Å²) in [7, 11) is 1.70. The lowest BCUT2D eigenvalue weighted by Gasteiger charge is -2.39. The van der Waals surface area contributed by atoms with Crippen LogP contribution in [0.3, 0.4) is 0 Å². The van der Waals surface area contributed by atoms with Crippen LogP contribution in [0.15, 0.2) is 54.6 Å². The van der Waals surface area contributed by atoms with Crippen LogP contribution >= 0.6 is 23.2 Å². The Balaban J connectivity index is 1.14. The molecule has 4 atom stereocenters. The molecule has 6 rings (SSSR count). The molecule has 3 aliphatic rings. The zero-order valence-corrected chi connectivity index (χ0v) is 32.0. The minimum absolute atomic E-state index is 0.0228. The molecule has 1 saturated heterocycles. The number of hydrogen-bond donors (Lipinski definition) is 2. The molecular formula is C41H50Cl2N2O8. The highest BCUT2D eigenvalue weighted by atomic mass is 35.5. The van der Waals surface area contributed by atoms with E-state index >= 15 is 0 Å². The molecule has 1 heterocycles. The molecule has 2 aliphatic carbocycles. The Kier molecular flexibility index (Phi) is 13.3.